The van der Waals surface area contributed by atoms with Crippen LogP contribution in [0.4, 0.5) is 5.69 Å². The van der Waals surface area contributed by atoms with Crippen LogP contribution in [0.2, 0.25) is 5.02 Å². The van der Waals surface area contributed by atoms with Gasteiger partial charge < -0.3 is 0 Å². The zero-order valence-corrected chi connectivity index (χ0v) is 15.3. The van der Waals surface area contributed by atoms with Crippen LogP contribution in [0.25, 0.3) is 0 Å². The molecule has 0 aromatic heterocycles. The van der Waals surface area contributed by atoms with Crippen molar-refractivity contribution in [3.63, 3.8) is 0 Å². The van der Waals surface area contributed by atoms with Gasteiger partial charge in [-0.15, -0.1) is 6.42 Å². The number of halogens is 1. The van der Waals surface area contributed by atoms with Crippen molar-refractivity contribution >= 4 is 37.1 Å². The highest BCUT2D eigenvalue weighted by Gasteiger charge is 2.20. The Balaban J connectivity index is 2.48. The van der Waals surface area contributed by atoms with Crippen molar-refractivity contribution < 1.29 is 16.8 Å². The van der Waals surface area contributed by atoms with E-state index in [1.54, 1.807) is 6.92 Å². The number of hydrogen-bond donors (Lipinski definition) is 1. The lowest BCUT2D eigenvalue weighted by atomic mass is 10.2. The predicted molar refractivity (Wildman–Crippen MR) is 94.5 cm³/mol. The Bertz CT molecular complexity index is 1050. The first-order valence-electron chi connectivity index (χ1n) is 6.64. The van der Waals surface area contributed by atoms with Crippen molar-refractivity contribution in [1.82, 2.24) is 0 Å². The summed E-state index contributed by atoms with van der Waals surface area (Å²) in [6.07, 6.45) is 6.28. The van der Waals surface area contributed by atoms with Crippen LogP contribution in [-0.4, -0.2) is 23.1 Å². The highest BCUT2D eigenvalue weighted by atomic mass is 35.5. The van der Waals surface area contributed by atoms with Crippen LogP contribution in [0.3, 0.4) is 0 Å². The number of benzene rings is 2. The van der Waals surface area contributed by atoms with Gasteiger partial charge in [0.05, 0.1) is 20.5 Å². The zero-order valence-electron chi connectivity index (χ0n) is 12.9. The first-order valence-corrected chi connectivity index (χ1v) is 10.4. The third-order valence-corrected chi connectivity index (χ3v) is 6.20. The number of anilines is 1. The van der Waals surface area contributed by atoms with Gasteiger partial charge in [-0.1, -0.05) is 23.6 Å². The van der Waals surface area contributed by atoms with Crippen LogP contribution in [0.1, 0.15) is 11.1 Å². The fraction of sp³-hybridized carbons (Fsp3) is 0.125. The molecule has 2 aromatic rings. The van der Waals surface area contributed by atoms with E-state index in [4.69, 9.17) is 18.0 Å². The Morgan fingerprint density at radius 1 is 1.08 bits per heavy atom. The molecule has 0 atom stereocenters. The maximum absolute atomic E-state index is 12.6. The molecular formula is C16H14ClNO4S2. The molecule has 0 saturated heterocycles. The van der Waals surface area contributed by atoms with Crippen molar-refractivity contribution in [1.29, 1.82) is 0 Å². The minimum atomic E-state index is -3.99. The van der Waals surface area contributed by atoms with Crippen LogP contribution in [0.5, 0.6) is 0 Å². The van der Waals surface area contributed by atoms with E-state index >= 15 is 0 Å². The van der Waals surface area contributed by atoms with Gasteiger partial charge >= 0.3 is 0 Å². The maximum Gasteiger partial charge on any atom is 0.262 e. The monoisotopic (exact) mass is 383 g/mol. The molecule has 2 rings (SSSR count). The van der Waals surface area contributed by atoms with Gasteiger partial charge in [0.25, 0.3) is 10.0 Å². The van der Waals surface area contributed by atoms with Gasteiger partial charge in [0.1, 0.15) is 0 Å². The fourth-order valence-corrected chi connectivity index (χ4v) is 4.28. The minimum Gasteiger partial charge on any atom is -0.280 e. The van der Waals surface area contributed by atoms with Gasteiger partial charge in [-0.2, -0.15) is 0 Å². The quantitative estimate of drug-likeness (QED) is 0.823. The summed E-state index contributed by atoms with van der Waals surface area (Å²) in [5.41, 5.74) is 1.08. The average Bonchev–Trinajstić information content (AvgIpc) is 2.46. The van der Waals surface area contributed by atoms with E-state index in [-0.39, 0.29) is 20.5 Å². The molecule has 126 valence electrons. The van der Waals surface area contributed by atoms with E-state index in [0.717, 1.165) is 12.3 Å². The molecule has 24 heavy (non-hydrogen) atoms. The van der Waals surface area contributed by atoms with Crippen molar-refractivity contribution in [2.24, 2.45) is 0 Å². The summed E-state index contributed by atoms with van der Waals surface area (Å²) in [5.74, 6) is 2.37. The number of terminal acetylenes is 1. The summed E-state index contributed by atoms with van der Waals surface area (Å²) < 4.78 is 50.8. The SMILES string of the molecule is C#Cc1ccc(NS(=O)(=O)c2cc(S(C)(=O)=O)ccc2C)cc1Cl. The van der Waals surface area contributed by atoms with Crippen LogP contribution < -0.4 is 4.72 Å². The second kappa shape index (κ2) is 6.48. The Morgan fingerprint density at radius 3 is 2.29 bits per heavy atom. The minimum absolute atomic E-state index is 0.0748. The lowest BCUT2D eigenvalue weighted by molar-refractivity contribution is 0.599. The van der Waals surface area contributed by atoms with Gasteiger partial charge in [0.2, 0.25) is 0 Å². The Hall–Kier alpha value is -2.01. The van der Waals surface area contributed by atoms with Crippen LogP contribution in [0, 0.1) is 19.3 Å². The molecule has 0 amide bonds. The zero-order chi connectivity index (χ0) is 18.1. The topological polar surface area (TPSA) is 80.3 Å². The fourth-order valence-electron chi connectivity index (χ4n) is 2.01. The van der Waals surface area contributed by atoms with E-state index in [2.05, 4.69) is 10.6 Å². The molecule has 0 aliphatic rings. The van der Waals surface area contributed by atoms with Gasteiger partial charge in [0, 0.05) is 11.8 Å². The highest BCUT2D eigenvalue weighted by molar-refractivity contribution is 7.93. The molecule has 0 aliphatic heterocycles. The molecule has 0 fully saturated rings. The molecule has 0 unspecified atom stereocenters. The lowest BCUT2D eigenvalue weighted by Crippen LogP contribution is -2.15. The number of hydrogen-bond acceptors (Lipinski definition) is 4. The molecule has 0 aliphatic carbocycles. The smallest absolute Gasteiger partial charge is 0.262 e. The molecule has 0 spiro atoms. The van der Waals surface area contributed by atoms with Crippen molar-refractivity contribution in [2.75, 3.05) is 11.0 Å². The van der Waals surface area contributed by atoms with Crippen LogP contribution in [0.15, 0.2) is 46.2 Å². The Kier molecular flexibility index (Phi) is 4.95. The third kappa shape index (κ3) is 3.90. The molecule has 0 radical (unpaired) electrons. The van der Waals surface area contributed by atoms with Gasteiger partial charge in [0.15, 0.2) is 9.84 Å². The standard InChI is InChI=1S/C16H14ClNO4S2/c1-4-12-6-7-13(9-15(12)17)18-24(21,22)16-10-14(23(3,19)20)8-5-11(16)2/h1,5-10,18H,2-3H3. The highest BCUT2D eigenvalue weighted by Crippen LogP contribution is 2.25. The summed E-state index contributed by atoms with van der Waals surface area (Å²) >= 11 is 5.96. The van der Waals surface area contributed by atoms with E-state index < -0.39 is 19.9 Å². The lowest BCUT2D eigenvalue weighted by Gasteiger charge is -2.12. The Morgan fingerprint density at radius 2 is 1.75 bits per heavy atom. The van der Waals surface area contributed by atoms with Gasteiger partial charge in [-0.25, -0.2) is 16.8 Å². The molecule has 5 nitrogen and oxygen atoms in total. The van der Waals surface area contributed by atoms with Crippen LogP contribution >= 0.6 is 11.6 Å². The third-order valence-electron chi connectivity index (χ3n) is 3.25. The second-order valence-electron chi connectivity index (χ2n) is 5.14. The molecule has 0 heterocycles. The van der Waals surface area contributed by atoms with E-state index in [1.165, 1.54) is 30.3 Å². The summed E-state index contributed by atoms with van der Waals surface area (Å²) in [7, 11) is -7.51. The number of aryl methyl sites for hydroxylation is 1. The van der Waals surface area contributed by atoms with Crippen molar-refractivity contribution in [2.45, 2.75) is 16.7 Å². The molecule has 0 bridgehead atoms. The average molecular weight is 384 g/mol. The Labute approximate surface area is 146 Å². The summed E-state index contributed by atoms with van der Waals surface area (Å²) in [6, 6.07) is 8.32. The molecule has 0 saturated carbocycles. The largest absolute Gasteiger partial charge is 0.280 e. The molecular weight excluding hydrogens is 370 g/mol. The molecule has 8 heteroatoms. The first-order chi connectivity index (χ1) is 11.0. The number of sulfone groups is 1. The summed E-state index contributed by atoms with van der Waals surface area (Å²) in [5, 5.41) is 0.235. The number of nitrogens with one attached hydrogen (secondary N) is 1. The number of rotatable bonds is 4. The van der Waals surface area contributed by atoms with E-state index in [1.807, 2.05) is 0 Å². The molecule has 1 N–H and O–H groups in total. The van der Waals surface area contributed by atoms with Crippen molar-refractivity contribution in [3.05, 3.63) is 52.5 Å². The predicted octanol–water partition coefficient (Wildman–Crippen LogP) is 2.83. The van der Waals surface area contributed by atoms with E-state index in [0.29, 0.717) is 11.1 Å². The summed E-state index contributed by atoms with van der Waals surface area (Å²) in [6.45, 7) is 1.58. The number of sulfonamides is 1. The van der Waals surface area contributed by atoms with Crippen molar-refractivity contribution in [3.8, 4) is 12.3 Å². The van der Waals surface area contributed by atoms with E-state index in [9.17, 15) is 16.8 Å². The molecule has 2 aromatic carbocycles. The second-order valence-corrected chi connectivity index (χ2v) is 9.22. The summed E-state index contributed by atoms with van der Waals surface area (Å²) in [4.78, 5) is -0.197. The van der Waals surface area contributed by atoms with Gasteiger partial charge in [-0.3, -0.25) is 4.72 Å². The van der Waals surface area contributed by atoms with Gasteiger partial charge in [-0.05, 0) is 42.8 Å². The first kappa shape index (κ1) is 18.3. The van der Waals surface area contributed by atoms with Crippen LogP contribution in [-0.2, 0) is 19.9 Å². The maximum atomic E-state index is 12.6. The normalized spacial score (nSPS) is 11.8.